The molecule has 1 aliphatic rings. The molecule has 1 saturated heterocycles. The maximum atomic E-state index is 13.4. The highest BCUT2D eigenvalue weighted by atomic mass is 35.5. The number of carbonyl (C=O) groups excluding carboxylic acids is 1. The summed E-state index contributed by atoms with van der Waals surface area (Å²) >= 11 is 6.34. The summed E-state index contributed by atoms with van der Waals surface area (Å²) in [6.45, 7) is 1.75. The molecule has 8 heteroatoms. The number of nitrogens with one attached hydrogen (secondary N) is 3. The first-order valence-corrected chi connectivity index (χ1v) is 11.9. The number of aromatic nitrogens is 3. The van der Waals surface area contributed by atoms with E-state index in [2.05, 4.69) is 25.2 Å². The van der Waals surface area contributed by atoms with Crippen molar-refractivity contribution in [3.63, 3.8) is 0 Å². The Bertz CT molecular complexity index is 1350. The van der Waals surface area contributed by atoms with Gasteiger partial charge in [0.2, 0.25) is 5.91 Å². The summed E-state index contributed by atoms with van der Waals surface area (Å²) in [7, 11) is 0. The molecule has 1 amide bonds. The molecule has 0 saturated carbocycles. The van der Waals surface area contributed by atoms with Crippen molar-refractivity contribution in [2.24, 2.45) is 5.92 Å². The number of carbonyl (C=O) groups is 1. The van der Waals surface area contributed by atoms with Gasteiger partial charge in [-0.05, 0) is 36.6 Å². The van der Waals surface area contributed by atoms with Crippen molar-refractivity contribution in [1.29, 1.82) is 0 Å². The molecular formula is C26H26ClN5O2. The minimum absolute atomic E-state index is 0.0192. The Labute approximate surface area is 202 Å². The third kappa shape index (κ3) is 4.56. The summed E-state index contributed by atoms with van der Waals surface area (Å²) in [5.41, 5.74) is 3.95. The number of piperidine rings is 1. The molecular weight excluding hydrogens is 450 g/mol. The van der Waals surface area contributed by atoms with E-state index >= 15 is 0 Å². The van der Waals surface area contributed by atoms with Crippen LogP contribution in [0.1, 0.15) is 18.5 Å². The normalized spacial score (nSPS) is 16.0. The number of benzene rings is 2. The van der Waals surface area contributed by atoms with E-state index in [1.54, 1.807) is 18.6 Å². The monoisotopic (exact) mass is 475 g/mol. The molecule has 4 aromatic rings. The number of rotatable bonds is 6. The van der Waals surface area contributed by atoms with Crippen LogP contribution in [0.2, 0.25) is 5.02 Å². The average molecular weight is 476 g/mol. The molecule has 1 atom stereocenters. The quantitative estimate of drug-likeness (QED) is 0.390. The van der Waals surface area contributed by atoms with Crippen molar-refractivity contribution in [1.82, 2.24) is 20.3 Å². The van der Waals surface area contributed by atoms with Gasteiger partial charge in [0.05, 0.1) is 12.2 Å². The predicted octanol–water partition coefficient (Wildman–Crippen LogP) is 4.15. The molecule has 3 heterocycles. The lowest BCUT2D eigenvalue weighted by molar-refractivity contribution is -0.125. The van der Waals surface area contributed by atoms with E-state index in [-0.39, 0.29) is 17.4 Å². The Morgan fingerprint density at radius 1 is 1.21 bits per heavy atom. The summed E-state index contributed by atoms with van der Waals surface area (Å²) in [6, 6.07) is 15.4. The minimum atomic E-state index is -0.186. The highest BCUT2D eigenvalue weighted by Gasteiger charge is 2.29. The Kier molecular flexibility index (Phi) is 6.36. The maximum Gasteiger partial charge on any atom is 0.272 e. The van der Waals surface area contributed by atoms with Gasteiger partial charge >= 0.3 is 0 Å². The van der Waals surface area contributed by atoms with Crippen molar-refractivity contribution in [3.8, 4) is 11.1 Å². The van der Waals surface area contributed by atoms with Crippen LogP contribution in [-0.4, -0.2) is 40.5 Å². The molecule has 3 N–H and O–H groups in total. The van der Waals surface area contributed by atoms with Crippen molar-refractivity contribution >= 4 is 34.1 Å². The molecule has 1 fully saturated rings. The fraction of sp³-hybridized carbons (Fsp3) is 0.269. The van der Waals surface area contributed by atoms with E-state index < -0.39 is 0 Å². The van der Waals surface area contributed by atoms with Crippen LogP contribution in [0.5, 0.6) is 0 Å². The van der Waals surface area contributed by atoms with Crippen LogP contribution in [0.4, 0.5) is 5.69 Å². The van der Waals surface area contributed by atoms with Gasteiger partial charge in [-0.15, -0.1) is 0 Å². The number of anilines is 1. The van der Waals surface area contributed by atoms with E-state index in [1.807, 2.05) is 42.5 Å². The van der Waals surface area contributed by atoms with Gasteiger partial charge in [-0.1, -0.05) is 41.9 Å². The van der Waals surface area contributed by atoms with Gasteiger partial charge in [0.1, 0.15) is 5.69 Å². The summed E-state index contributed by atoms with van der Waals surface area (Å²) in [4.78, 5) is 38.4. The second kappa shape index (κ2) is 9.73. The first-order valence-electron chi connectivity index (χ1n) is 11.5. The Morgan fingerprint density at radius 2 is 2.06 bits per heavy atom. The first kappa shape index (κ1) is 22.2. The van der Waals surface area contributed by atoms with Crippen molar-refractivity contribution in [2.75, 3.05) is 24.5 Å². The molecule has 0 bridgehead atoms. The first-order chi connectivity index (χ1) is 16.6. The molecule has 7 nitrogen and oxygen atoms in total. The third-order valence-corrected chi connectivity index (χ3v) is 6.61. The number of imidazole rings is 1. The fourth-order valence-corrected chi connectivity index (χ4v) is 4.91. The van der Waals surface area contributed by atoms with Crippen LogP contribution in [-0.2, 0) is 11.2 Å². The standard InChI is InChI=1S/C26H26ClN5O2/c27-19-8-9-22-21(13-19)23(17-5-2-1-3-6-17)24(26(34)31-22)32-12-4-7-18(15-32)25(33)29-11-10-20-14-28-16-30-20/h1-3,5-6,8-9,13-14,16,18H,4,7,10-12,15H2,(H,28,30)(H,29,33)(H,31,34)/t18-/m0/s1. The second-order valence-corrected chi connectivity index (χ2v) is 9.07. The Morgan fingerprint density at radius 3 is 2.85 bits per heavy atom. The second-order valence-electron chi connectivity index (χ2n) is 8.64. The lowest BCUT2D eigenvalue weighted by atomic mass is 9.94. The van der Waals surface area contributed by atoms with Crippen LogP contribution in [0.15, 0.2) is 65.8 Å². The predicted molar refractivity (Wildman–Crippen MR) is 135 cm³/mol. The fourth-order valence-electron chi connectivity index (χ4n) is 4.73. The average Bonchev–Trinajstić information content (AvgIpc) is 3.37. The topological polar surface area (TPSA) is 93.9 Å². The van der Waals surface area contributed by atoms with Gasteiger partial charge in [0, 0.05) is 59.4 Å². The van der Waals surface area contributed by atoms with Gasteiger partial charge < -0.3 is 20.2 Å². The highest BCUT2D eigenvalue weighted by Crippen LogP contribution is 2.37. The smallest absolute Gasteiger partial charge is 0.272 e. The zero-order valence-corrected chi connectivity index (χ0v) is 19.4. The van der Waals surface area contributed by atoms with Gasteiger partial charge in [-0.3, -0.25) is 9.59 Å². The number of aromatic amines is 2. The van der Waals surface area contributed by atoms with Crippen molar-refractivity contribution in [3.05, 3.63) is 82.1 Å². The molecule has 0 radical (unpaired) electrons. The number of amides is 1. The van der Waals surface area contributed by atoms with Gasteiger partial charge in [0.15, 0.2) is 0 Å². The summed E-state index contributed by atoms with van der Waals surface area (Å²) in [5, 5.41) is 4.54. The number of halogens is 1. The number of hydrogen-bond donors (Lipinski definition) is 3. The number of fused-ring (bicyclic) bond motifs is 1. The molecule has 5 rings (SSSR count). The molecule has 0 aliphatic carbocycles. The molecule has 2 aromatic carbocycles. The minimum Gasteiger partial charge on any atom is -0.366 e. The lowest BCUT2D eigenvalue weighted by Gasteiger charge is -2.34. The van der Waals surface area contributed by atoms with Crippen LogP contribution < -0.4 is 15.8 Å². The lowest BCUT2D eigenvalue weighted by Crippen LogP contribution is -2.45. The molecule has 0 unspecified atom stereocenters. The summed E-state index contributed by atoms with van der Waals surface area (Å²) in [5.74, 6) is -0.167. The highest BCUT2D eigenvalue weighted by molar-refractivity contribution is 6.31. The number of H-pyrrole nitrogens is 2. The van der Waals surface area contributed by atoms with Crippen molar-refractivity contribution in [2.45, 2.75) is 19.3 Å². The van der Waals surface area contributed by atoms with Gasteiger partial charge in [-0.25, -0.2) is 4.98 Å². The van der Waals surface area contributed by atoms with E-state index in [1.165, 1.54) is 0 Å². The maximum absolute atomic E-state index is 13.4. The number of hydrogen-bond acceptors (Lipinski definition) is 4. The molecule has 1 aliphatic heterocycles. The largest absolute Gasteiger partial charge is 0.366 e. The summed E-state index contributed by atoms with van der Waals surface area (Å²) < 4.78 is 0. The molecule has 34 heavy (non-hydrogen) atoms. The Hall–Kier alpha value is -3.58. The van der Waals surface area contributed by atoms with E-state index in [9.17, 15) is 9.59 Å². The van der Waals surface area contributed by atoms with Crippen LogP contribution >= 0.6 is 11.6 Å². The zero-order chi connectivity index (χ0) is 23.5. The van der Waals surface area contributed by atoms with Crippen LogP contribution in [0, 0.1) is 5.92 Å². The van der Waals surface area contributed by atoms with E-state index in [0.717, 1.165) is 40.6 Å². The SMILES string of the molecule is O=C(NCCc1cnc[nH]1)[C@H]1CCCN(c2c(-c3ccccc3)c3cc(Cl)ccc3[nH]c2=O)C1. The van der Waals surface area contributed by atoms with Gasteiger partial charge in [0.25, 0.3) is 5.56 Å². The molecule has 174 valence electrons. The number of nitrogens with zero attached hydrogens (tertiary/aromatic N) is 2. The van der Waals surface area contributed by atoms with E-state index in [4.69, 9.17) is 11.6 Å². The number of pyridine rings is 1. The van der Waals surface area contributed by atoms with Gasteiger partial charge in [-0.2, -0.15) is 0 Å². The third-order valence-electron chi connectivity index (χ3n) is 6.37. The Balaban J connectivity index is 1.45. The van der Waals surface area contributed by atoms with Crippen molar-refractivity contribution < 1.29 is 4.79 Å². The van der Waals surface area contributed by atoms with Crippen LogP contribution in [0.25, 0.3) is 22.0 Å². The summed E-state index contributed by atoms with van der Waals surface area (Å²) in [6.07, 6.45) is 5.72. The van der Waals surface area contributed by atoms with Crippen LogP contribution in [0.3, 0.4) is 0 Å². The van der Waals surface area contributed by atoms with E-state index in [0.29, 0.717) is 36.8 Å². The zero-order valence-electron chi connectivity index (χ0n) is 18.7. The molecule has 2 aromatic heterocycles. The molecule has 0 spiro atoms.